The molecule has 2 N–H and O–H groups in total. The summed E-state index contributed by atoms with van der Waals surface area (Å²) < 4.78 is 11.0. The average Bonchev–Trinajstić information content (AvgIpc) is 3.25. The fourth-order valence-corrected chi connectivity index (χ4v) is 8.20. The Morgan fingerprint density at radius 1 is 0.300 bits per heavy atom. The van der Waals surface area contributed by atoms with Crippen molar-refractivity contribution in [3.05, 3.63) is 0 Å². The third-order valence-corrected chi connectivity index (χ3v) is 12.4. The first kappa shape index (κ1) is 58.2. The van der Waals surface area contributed by atoms with Gasteiger partial charge in [0.1, 0.15) is 0 Å². The Kier molecular flexibility index (Phi) is 40.0. The largest absolute Gasteiger partial charge is 0.463 e. The molecule has 0 aliphatic carbocycles. The van der Waals surface area contributed by atoms with Crippen molar-refractivity contribution in [2.24, 2.45) is 0 Å². The van der Waals surface area contributed by atoms with E-state index in [9.17, 15) is 29.4 Å². The maximum absolute atomic E-state index is 14.1. The summed E-state index contributed by atoms with van der Waals surface area (Å²) in [5, 5.41) is 24.4. The maximum Gasteiger partial charge on any atom is 0.350 e. The molecular weight excluding hydrogens is 753 g/mol. The van der Waals surface area contributed by atoms with Crippen molar-refractivity contribution in [2.75, 3.05) is 13.2 Å². The van der Waals surface area contributed by atoms with Gasteiger partial charge in [0, 0.05) is 12.8 Å². The van der Waals surface area contributed by atoms with Crippen LogP contribution < -0.4 is 0 Å². The zero-order valence-corrected chi connectivity index (χ0v) is 40.0. The summed E-state index contributed by atoms with van der Waals surface area (Å²) >= 11 is 0. The zero-order chi connectivity index (χ0) is 44.4. The van der Waals surface area contributed by atoms with Crippen LogP contribution in [0.25, 0.3) is 0 Å². The predicted molar refractivity (Wildman–Crippen MR) is 249 cm³/mol. The molecule has 0 heterocycles. The Labute approximate surface area is 370 Å². The normalized spacial score (nSPS) is 13.5. The molecule has 8 heteroatoms. The second kappa shape index (κ2) is 41.2. The molecule has 0 aromatic rings. The lowest BCUT2D eigenvalue weighted by Gasteiger charge is -2.37. The molecule has 0 aliphatic rings. The minimum atomic E-state index is -3.39. The highest BCUT2D eigenvalue weighted by molar-refractivity contribution is 6.22. The van der Waals surface area contributed by atoms with Gasteiger partial charge in [0.05, 0.1) is 13.2 Å². The molecule has 0 aliphatic heterocycles. The number of hydrogen-bond acceptors (Lipinski definition) is 8. The molecule has 0 saturated heterocycles. The van der Waals surface area contributed by atoms with Crippen molar-refractivity contribution in [1.82, 2.24) is 0 Å². The quantitative estimate of drug-likeness (QED) is 0.0352. The second-order valence-corrected chi connectivity index (χ2v) is 18.1. The van der Waals surface area contributed by atoms with Gasteiger partial charge in [0.15, 0.2) is 11.6 Å². The van der Waals surface area contributed by atoms with E-state index in [2.05, 4.69) is 27.7 Å². The van der Waals surface area contributed by atoms with Gasteiger partial charge in [-0.05, 0) is 25.7 Å². The lowest BCUT2D eigenvalue weighted by Crippen LogP contribution is -2.72. The Hall–Kier alpha value is -1.80. The lowest BCUT2D eigenvalue weighted by atomic mass is 9.73. The van der Waals surface area contributed by atoms with E-state index in [4.69, 9.17) is 9.47 Å². The number of ether oxygens (including phenoxy) is 2. The van der Waals surface area contributed by atoms with Crippen molar-refractivity contribution in [1.29, 1.82) is 0 Å². The minimum Gasteiger partial charge on any atom is -0.463 e. The van der Waals surface area contributed by atoms with Gasteiger partial charge in [0.2, 0.25) is 0 Å². The second-order valence-electron chi connectivity index (χ2n) is 18.1. The summed E-state index contributed by atoms with van der Waals surface area (Å²) in [5.74, 6) is -4.98. The SMILES string of the molecule is CCCCCCCCCCCCCC(=O)C(O)(C(=O)OCCCCCCCCCC)C(O)(C(=O)CCCCCCCCCCCCC)C(=O)OCCCCCCCCCC. The van der Waals surface area contributed by atoms with Gasteiger partial charge >= 0.3 is 11.9 Å². The number of aliphatic hydroxyl groups is 2. The third kappa shape index (κ3) is 27.3. The number of Topliss-reactive ketones (excluding diaryl/α,β-unsaturated/α-hetero) is 2. The molecule has 0 fully saturated rings. The summed E-state index contributed by atoms with van der Waals surface area (Å²) in [6.45, 7) is 8.63. The average molecular weight is 851 g/mol. The van der Waals surface area contributed by atoms with Crippen LogP contribution in [-0.4, -0.2) is 58.1 Å². The summed E-state index contributed by atoms with van der Waals surface area (Å²) in [4.78, 5) is 56.1. The minimum absolute atomic E-state index is 0.0853. The molecular formula is C52H98O8. The van der Waals surface area contributed by atoms with Gasteiger partial charge in [-0.15, -0.1) is 0 Å². The number of unbranched alkanes of at least 4 members (excludes halogenated alkanes) is 34. The van der Waals surface area contributed by atoms with Crippen LogP contribution in [-0.2, 0) is 28.7 Å². The van der Waals surface area contributed by atoms with Crippen molar-refractivity contribution in [3.8, 4) is 0 Å². The van der Waals surface area contributed by atoms with E-state index in [1.54, 1.807) is 0 Å². The van der Waals surface area contributed by atoms with Crippen LogP contribution in [0.3, 0.4) is 0 Å². The van der Waals surface area contributed by atoms with Gasteiger partial charge in [-0.3, -0.25) is 9.59 Å². The molecule has 0 aromatic carbocycles. The molecule has 0 rings (SSSR count). The van der Waals surface area contributed by atoms with Crippen LogP contribution in [0.1, 0.15) is 285 Å². The molecule has 2 atom stereocenters. The van der Waals surface area contributed by atoms with Crippen LogP contribution in [0.5, 0.6) is 0 Å². The Morgan fingerprint density at radius 2 is 0.483 bits per heavy atom. The molecule has 0 spiro atoms. The van der Waals surface area contributed by atoms with Crippen LogP contribution in [0.15, 0.2) is 0 Å². The zero-order valence-electron chi connectivity index (χ0n) is 40.0. The molecule has 0 radical (unpaired) electrons. The first-order chi connectivity index (χ1) is 29.2. The van der Waals surface area contributed by atoms with Crippen LogP contribution in [0.4, 0.5) is 0 Å². The highest BCUT2D eigenvalue weighted by Crippen LogP contribution is 2.33. The Morgan fingerprint density at radius 3 is 0.700 bits per heavy atom. The van der Waals surface area contributed by atoms with Gasteiger partial charge in [-0.2, -0.15) is 0 Å². The van der Waals surface area contributed by atoms with Crippen molar-refractivity contribution < 1.29 is 38.9 Å². The van der Waals surface area contributed by atoms with Gasteiger partial charge in [-0.25, -0.2) is 9.59 Å². The van der Waals surface area contributed by atoms with Gasteiger partial charge in [-0.1, -0.05) is 246 Å². The van der Waals surface area contributed by atoms with E-state index in [1.807, 2.05) is 0 Å². The summed E-state index contributed by atoms with van der Waals surface area (Å²) in [6.07, 6.45) is 38.8. The molecule has 354 valence electrons. The maximum atomic E-state index is 14.1. The smallest absolute Gasteiger partial charge is 0.350 e. The molecule has 0 saturated carbocycles. The van der Waals surface area contributed by atoms with Crippen molar-refractivity contribution in [2.45, 2.75) is 296 Å². The number of ketones is 2. The first-order valence-corrected chi connectivity index (χ1v) is 26.0. The van der Waals surface area contributed by atoms with Crippen molar-refractivity contribution in [3.63, 3.8) is 0 Å². The highest BCUT2D eigenvalue weighted by Gasteiger charge is 2.69. The third-order valence-electron chi connectivity index (χ3n) is 12.4. The number of hydrogen-bond donors (Lipinski definition) is 2. The molecule has 8 nitrogen and oxygen atoms in total. The van der Waals surface area contributed by atoms with Crippen LogP contribution >= 0.6 is 0 Å². The lowest BCUT2D eigenvalue weighted by molar-refractivity contribution is -0.213. The predicted octanol–water partition coefficient (Wildman–Crippen LogP) is 14.4. The first-order valence-electron chi connectivity index (χ1n) is 26.0. The van der Waals surface area contributed by atoms with E-state index in [0.717, 1.165) is 89.9 Å². The summed E-state index contributed by atoms with van der Waals surface area (Å²) in [5.41, 5.74) is -6.78. The molecule has 0 amide bonds. The number of carbonyl (C=O) groups is 4. The van der Waals surface area contributed by atoms with E-state index in [0.29, 0.717) is 38.5 Å². The monoisotopic (exact) mass is 851 g/mol. The van der Waals surface area contributed by atoms with E-state index in [-0.39, 0.29) is 26.1 Å². The Bertz CT molecular complexity index is 949. The summed E-state index contributed by atoms with van der Waals surface area (Å²) in [6, 6.07) is 0. The van der Waals surface area contributed by atoms with Gasteiger partial charge in [0.25, 0.3) is 11.2 Å². The molecule has 60 heavy (non-hydrogen) atoms. The number of esters is 2. The van der Waals surface area contributed by atoms with E-state index >= 15 is 0 Å². The van der Waals surface area contributed by atoms with E-state index < -0.39 is 34.7 Å². The van der Waals surface area contributed by atoms with Gasteiger partial charge < -0.3 is 19.7 Å². The fraction of sp³-hybridized carbons (Fsp3) is 0.923. The molecule has 2 unspecified atom stereocenters. The highest BCUT2D eigenvalue weighted by atomic mass is 16.6. The fourth-order valence-electron chi connectivity index (χ4n) is 8.20. The van der Waals surface area contributed by atoms with Crippen LogP contribution in [0, 0.1) is 0 Å². The van der Waals surface area contributed by atoms with E-state index in [1.165, 1.54) is 116 Å². The summed E-state index contributed by atoms with van der Waals surface area (Å²) in [7, 11) is 0. The standard InChI is InChI=1S/C52H98O8/c1-5-9-13-17-21-25-27-29-31-35-39-43-47(53)51(57,49(55)59-45-41-37-33-23-19-15-11-7-3)52(58,50(56)60-46-42-38-34-24-20-16-12-8-4)48(54)44-40-36-32-30-28-26-22-18-14-10-6-2/h57-58H,5-46H2,1-4H3. The Balaban J connectivity index is 5.83. The topological polar surface area (TPSA) is 127 Å². The molecule has 0 aromatic heterocycles. The molecule has 0 bridgehead atoms. The van der Waals surface area contributed by atoms with Crippen molar-refractivity contribution >= 4 is 23.5 Å². The number of rotatable bonds is 47. The van der Waals surface area contributed by atoms with Crippen LogP contribution in [0.2, 0.25) is 0 Å². The number of carbonyl (C=O) groups excluding carboxylic acids is 4.